The van der Waals surface area contributed by atoms with E-state index in [0.29, 0.717) is 24.6 Å². The summed E-state index contributed by atoms with van der Waals surface area (Å²) in [6.45, 7) is 5.99. The molecule has 0 aromatic carbocycles. The van der Waals surface area contributed by atoms with E-state index < -0.39 is 11.9 Å². The van der Waals surface area contributed by atoms with Crippen molar-refractivity contribution >= 4 is 5.97 Å². The van der Waals surface area contributed by atoms with Gasteiger partial charge in [0.2, 0.25) is 5.89 Å². The Morgan fingerprint density at radius 2 is 2.06 bits per heavy atom. The number of aromatic nitrogens is 2. The SMILES string of the molecule is CC(C)(C)c1noc(C2CC=CCC2C(=O)O)n1. The maximum Gasteiger partial charge on any atom is 0.307 e. The van der Waals surface area contributed by atoms with Gasteiger partial charge in [-0.05, 0) is 12.8 Å². The zero-order valence-electron chi connectivity index (χ0n) is 10.9. The van der Waals surface area contributed by atoms with Gasteiger partial charge in [-0.15, -0.1) is 0 Å². The minimum absolute atomic E-state index is 0.190. The minimum atomic E-state index is -0.806. The predicted octanol–water partition coefficient (Wildman–Crippen LogP) is 2.50. The highest BCUT2D eigenvalue weighted by Gasteiger charge is 2.34. The fraction of sp³-hybridized carbons (Fsp3) is 0.615. The summed E-state index contributed by atoms with van der Waals surface area (Å²) < 4.78 is 5.25. The van der Waals surface area contributed by atoms with Crippen molar-refractivity contribution in [3.8, 4) is 0 Å². The smallest absolute Gasteiger partial charge is 0.307 e. The quantitative estimate of drug-likeness (QED) is 0.816. The zero-order chi connectivity index (χ0) is 13.3. The molecular formula is C13H18N2O3. The first-order valence-corrected chi connectivity index (χ1v) is 6.11. The molecule has 5 nitrogen and oxygen atoms in total. The summed E-state index contributed by atoms with van der Waals surface area (Å²) >= 11 is 0. The van der Waals surface area contributed by atoms with Gasteiger partial charge in [0.15, 0.2) is 5.82 Å². The van der Waals surface area contributed by atoms with Gasteiger partial charge in [0, 0.05) is 5.41 Å². The Balaban J connectivity index is 2.27. The molecule has 2 atom stereocenters. The van der Waals surface area contributed by atoms with E-state index in [-0.39, 0.29) is 11.3 Å². The second kappa shape index (κ2) is 4.55. The van der Waals surface area contributed by atoms with E-state index >= 15 is 0 Å². The van der Waals surface area contributed by atoms with E-state index in [9.17, 15) is 9.90 Å². The fourth-order valence-electron chi connectivity index (χ4n) is 2.05. The van der Waals surface area contributed by atoms with E-state index in [4.69, 9.17) is 4.52 Å². The molecule has 1 aliphatic carbocycles. The molecule has 1 aromatic heterocycles. The van der Waals surface area contributed by atoms with Crippen LogP contribution in [0.3, 0.4) is 0 Å². The molecule has 0 amide bonds. The summed E-state index contributed by atoms with van der Waals surface area (Å²) in [7, 11) is 0. The molecule has 2 unspecified atom stereocenters. The molecule has 1 aliphatic rings. The number of hydrogen-bond acceptors (Lipinski definition) is 4. The summed E-state index contributed by atoms with van der Waals surface area (Å²) in [5, 5.41) is 13.2. The van der Waals surface area contributed by atoms with Crippen LogP contribution >= 0.6 is 0 Å². The lowest BCUT2D eigenvalue weighted by atomic mass is 9.83. The van der Waals surface area contributed by atoms with Gasteiger partial charge in [0.25, 0.3) is 0 Å². The molecule has 1 heterocycles. The van der Waals surface area contributed by atoms with E-state index in [1.807, 2.05) is 32.9 Å². The molecule has 1 aromatic rings. The largest absolute Gasteiger partial charge is 0.481 e. The van der Waals surface area contributed by atoms with Crippen molar-refractivity contribution in [1.29, 1.82) is 0 Å². The third-order valence-electron chi connectivity index (χ3n) is 3.18. The topological polar surface area (TPSA) is 76.2 Å². The predicted molar refractivity (Wildman–Crippen MR) is 65.2 cm³/mol. The Hall–Kier alpha value is -1.65. The highest BCUT2D eigenvalue weighted by molar-refractivity contribution is 5.71. The van der Waals surface area contributed by atoms with E-state index in [0.717, 1.165) is 0 Å². The third kappa shape index (κ3) is 2.44. The molecule has 1 N–H and O–H groups in total. The summed E-state index contributed by atoms with van der Waals surface area (Å²) in [5.41, 5.74) is -0.190. The second-order valence-electron chi connectivity index (χ2n) is 5.70. The molecular weight excluding hydrogens is 232 g/mol. The highest BCUT2D eigenvalue weighted by atomic mass is 16.5. The first kappa shape index (κ1) is 12.8. The van der Waals surface area contributed by atoms with Crippen LogP contribution in [0.25, 0.3) is 0 Å². The molecule has 2 rings (SSSR count). The Labute approximate surface area is 106 Å². The number of allylic oxidation sites excluding steroid dienone is 2. The van der Waals surface area contributed by atoms with Crippen molar-refractivity contribution in [3.05, 3.63) is 23.9 Å². The first-order chi connectivity index (χ1) is 8.39. The van der Waals surface area contributed by atoms with Crippen molar-refractivity contribution in [2.75, 3.05) is 0 Å². The molecule has 98 valence electrons. The molecule has 0 fully saturated rings. The van der Waals surface area contributed by atoms with Gasteiger partial charge in [-0.2, -0.15) is 4.98 Å². The molecule has 0 bridgehead atoms. The lowest BCUT2D eigenvalue weighted by molar-refractivity contribution is -0.142. The maximum atomic E-state index is 11.2. The van der Waals surface area contributed by atoms with E-state index in [2.05, 4.69) is 10.1 Å². The van der Waals surface area contributed by atoms with Crippen LogP contribution < -0.4 is 0 Å². The fourth-order valence-corrected chi connectivity index (χ4v) is 2.05. The molecule has 5 heteroatoms. The van der Waals surface area contributed by atoms with Gasteiger partial charge in [0.05, 0.1) is 11.8 Å². The van der Waals surface area contributed by atoms with Crippen LogP contribution in [-0.4, -0.2) is 21.2 Å². The molecule has 0 saturated carbocycles. The standard InChI is InChI=1S/C13H18N2O3/c1-13(2,3)12-14-10(18-15-12)8-6-4-5-7-9(8)11(16)17/h4-5,8-9H,6-7H2,1-3H3,(H,16,17). The first-order valence-electron chi connectivity index (χ1n) is 6.11. The number of carbonyl (C=O) groups is 1. The van der Waals surface area contributed by atoms with Crippen LogP contribution in [0.2, 0.25) is 0 Å². The molecule has 0 spiro atoms. The van der Waals surface area contributed by atoms with Crippen LogP contribution in [-0.2, 0) is 10.2 Å². The van der Waals surface area contributed by atoms with Gasteiger partial charge >= 0.3 is 5.97 Å². The number of aliphatic carboxylic acids is 1. The van der Waals surface area contributed by atoms with Crippen LogP contribution in [0.4, 0.5) is 0 Å². The Kier molecular flexibility index (Phi) is 3.24. The molecule has 0 saturated heterocycles. The summed E-state index contributed by atoms with van der Waals surface area (Å²) in [6, 6.07) is 0. The Morgan fingerprint density at radius 3 is 2.61 bits per heavy atom. The number of rotatable bonds is 2. The van der Waals surface area contributed by atoms with Gasteiger partial charge in [-0.3, -0.25) is 4.79 Å². The van der Waals surface area contributed by atoms with Gasteiger partial charge in [-0.25, -0.2) is 0 Å². The lowest BCUT2D eigenvalue weighted by Crippen LogP contribution is -2.24. The van der Waals surface area contributed by atoms with Crippen molar-refractivity contribution < 1.29 is 14.4 Å². The average molecular weight is 250 g/mol. The number of nitrogens with zero attached hydrogens (tertiary/aromatic N) is 2. The Bertz CT molecular complexity index is 471. The second-order valence-corrected chi connectivity index (χ2v) is 5.70. The lowest BCUT2D eigenvalue weighted by Gasteiger charge is -2.21. The number of carboxylic acids is 1. The van der Waals surface area contributed by atoms with Crippen LogP contribution in [0.15, 0.2) is 16.7 Å². The summed E-state index contributed by atoms with van der Waals surface area (Å²) in [5.74, 6) is -0.424. The highest BCUT2D eigenvalue weighted by Crippen LogP contribution is 2.34. The van der Waals surface area contributed by atoms with Crippen LogP contribution in [0.5, 0.6) is 0 Å². The van der Waals surface area contributed by atoms with Crippen molar-refractivity contribution in [3.63, 3.8) is 0 Å². The maximum absolute atomic E-state index is 11.2. The molecule has 0 radical (unpaired) electrons. The molecule has 18 heavy (non-hydrogen) atoms. The summed E-state index contributed by atoms with van der Waals surface area (Å²) in [6.07, 6.45) is 5.04. The minimum Gasteiger partial charge on any atom is -0.481 e. The number of carboxylic acid groups (broad SMARTS) is 1. The van der Waals surface area contributed by atoms with Crippen molar-refractivity contribution in [2.45, 2.75) is 44.9 Å². The molecule has 0 aliphatic heterocycles. The third-order valence-corrected chi connectivity index (χ3v) is 3.18. The Morgan fingerprint density at radius 1 is 1.39 bits per heavy atom. The van der Waals surface area contributed by atoms with Gasteiger partial charge < -0.3 is 9.63 Å². The zero-order valence-corrected chi connectivity index (χ0v) is 10.9. The van der Waals surface area contributed by atoms with E-state index in [1.165, 1.54) is 0 Å². The summed E-state index contributed by atoms with van der Waals surface area (Å²) in [4.78, 5) is 15.6. The van der Waals surface area contributed by atoms with Crippen LogP contribution in [0, 0.1) is 5.92 Å². The van der Waals surface area contributed by atoms with Gasteiger partial charge in [-0.1, -0.05) is 38.1 Å². The van der Waals surface area contributed by atoms with Crippen molar-refractivity contribution in [2.24, 2.45) is 5.92 Å². The van der Waals surface area contributed by atoms with Gasteiger partial charge in [0.1, 0.15) is 0 Å². The van der Waals surface area contributed by atoms with Crippen molar-refractivity contribution in [1.82, 2.24) is 10.1 Å². The number of hydrogen-bond donors (Lipinski definition) is 1. The monoisotopic (exact) mass is 250 g/mol. The average Bonchev–Trinajstić information content (AvgIpc) is 2.77. The van der Waals surface area contributed by atoms with E-state index in [1.54, 1.807) is 0 Å². The normalized spacial score (nSPS) is 24.2. The van der Waals surface area contributed by atoms with Crippen LogP contribution in [0.1, 0.15) is 51.2 Å².